The quantitative estimate of drug-likeness (QED) is 0.881. The predicted octanol–water partition coefficient (Wildman–Crippen LogP) is 4.01. The average Bonchev–Trinajstić information content (AvgIpc) is 2.75. The molecule has 0 bridgehead atoms. The molecule has 1 fully saturated rings. The number of nitrogens with two attached hydrogens (primary N) is 1. The summed E-state index contributed by atoms with van der Waals surface area (Å²) in [5, 5.41) is 0. The Morgan fingerprint density at radius 3 is 2.78 bits per heavy atom. The maximum atomic E-state index is 13.4. The van der Waals surface area contributed by atoms with E-state index in [0.717, 1.165) is 19.3 Å². The normalized spacial score (nSPS) is 25.0. The van der Waals surface area contributed by atoms with E-state index in [1.54, 1.807) is 11.3 Å². The lowest BCUT2D eigenvalue weighted by Crippen LogP contribution is -2.38. The van der Waals surface area contributed by atoms with Crippen LogP contribution in [0.15, 0.2) is 12.1 Å². The fourth-order valence-electron chi connectivity index (χ4n) is 2.70. The van der Waals surface area contributed by atoms with Gasteiger partial charge in [0.05, 0.1) is 0 Å². The molecule has 1 heterocycles. The summed E-state index contributed by atoms with van der Waals surface area (Å²) in [7, 11) is 0. The van der Waals surface area contributed by atoms with Gasteiger partial charge >= 0.3 is 0 Å². The van der Waals surface area contributed by atoms with Gasteiger partial charge in [0.25, 0.3) is 0 Å². The van der Waals surface area contributed by atoms with Crippen LogP contribution in [0, 0.1) is 5.92 Å². The minimum Gasteiger partial charge on any atom is -0.327 e. The third kappa shape index (κ3) is 3.51. The molecule has 0 aliphatic heterocycles. The minimum absolute atomic E-state index is 0.0269. The van der Waals surface area contributed by atoms with Crippen LogP contribution < -0.4 is 5.73 Å². The van der Waals surface area contributed by atoms with Crippen molar-refractivity contribution >= 4 is 11.3 Å². The maximum Gasteiger partial charge on any atom is 0.248 e. The van der Waals surface area contributed by atoms with E-state index in [0.29, 0.717) is 6.42 Å². The molecule has 0 saturated heterocycles. The van der Waals surface area contributed by atoms with Crippen molar-refractivity contribution in [3.05, 3.63) is 21.9 Å². The fourth-order valence-corrected chi connectivity index (χ4v) is 3.73. The number of alkyl halides is 2. The average molecular weight is 273 g/mol. The molecule has 0 spiro atoms. The molecule has 0 aromatic carbocycles. The van der Waals surface area contributed by atoms with Gasteiger partial charge in [-0.05, 0) is 43.7 Å². The SMILES string of the molecule is CCc1ccc(CC(N)C2CCCC(F)(F)C2)s1. The maximum absolute atomic E-state index is 13.4. The standard InChI is InChI=1S/C14H21F2NS/c1-2-11-5-6-12(18-11)8-13(17)10-4-3-7-14(15,16)9-10/h5-6,10,13H,2-4,7-9,17H2,1H3. The summed E-state index contributed by atoms with van der Waals surface area (Å²) in [6.45, 7) is 2.12. The summed E-state index contributed by atoms with van der Waals surface area (Å²) >= 11 is 1.76. The van der Waals surface area contributed by atoms with Gasteiger partial charge in [0, 0.05) is 28.6 Å². The smallest absolute Gasteiger partial charge is 0.248 e. The van der Waals surface area contributed by atoms with Crippen molar-refractivity contribution in [3.63, 3.8) is 0 Å². The monoisotopic (exact) mass is 273 g/mol. The number of aryl methyl sites for hydroxylation is 1. The zero-order valence-electron chi connectivity index (χ0n) is 10.8. The lowest BCUT2D eigenvalue weighted by molar-refractivity contribution is -0.0561. The summed E-state index contributed by atoms with van der Waals surface area (Å²) in [6, 6.07) is 4.08. The highest BCUT2D eigenvalue weighted by Gasteiger charge is 2.38. The van der Waals surface area contributed by atoms with Crippen LogP contribution in [0.3, 0.4) is 0 Å². The molecule has 4 heteroatoms. The molecule has 18 heavy (non-hydrogen) atoms. The third-order valence-electron chi connectivity index (χ3n) is 3.79. The van der Waals surface area contributed by atoms with E-state index < -0.39 is 5.92 Å². The van der Waals surface area contributed by atoms with Crippen LogP contribution in [-0.4, -0.2) is 12.0 Å². The lowest BCUT2D eigenvalue weighted by atomic mass is 9.81. The fraction of sp³-hybridized carbons (Fsp3) is 0.714. The van der Waals surface area contributed by atoms with Gasteiger partial charge in [-0.25, -0.2) is 8.78 Å². The van der Waals surface area contributed by atoms with Crippen LogP contribution in [0.2, 0.25) is 0 Å². The molecule has 102 valence electrons. The van der Waals surface area contributed by atoms with E-state index in [9.17, 15) is 8.78 Å². The Kier molecular flexibility index (Phi) is 4.38. The number of hydrogen-bond donors (Lipinski definition) is 1. The van der Waals surface area contributed by atoms with Crippen LogP contribution in [0.1, 0.15) is 42.4 Å². The zero-order chi connectivity index (χ0) is 13.2. The summed E-state index contributed by atoms with van der Waals surface area (Å²) in [6.07, 6.45) is 3.24. The van der Waals surface area contributed by atoms with Crippen molar-refractivity contribution < 1.29 is 8.78 Å². The molecule has 2 N–H and O–H groups in total. The molecule has 0 amide bonds. The molecule has 1 aliphatic rings. The second-order valence-electron chi connectivity index (χ2n) is 5.30. The van der Waals surface area contributed by atoms with Crippen LogP contribution in [0.25, 0.3) is 0 Å². The first-order valence-electron chi connectivity index (χ1n) is 6.71. The minimum atomic E-state index is -2.50. The third-order valence-corrected chi connectivity index (χ3v) is 5.04. The molecular weight excluding hydrogens is 252 g/mol. The summed E-state index contributed by atoms with van der Waals surface area (Å²) < 4.78 is 26.7. The van der Waals surface area contributed by atoms with Crippen molar-refractivity contribution in [1.29, 1.82) is 0 Å². The molecule has 0 radical (unpaired) electrons. The van der Waals surface area contributed by atoms with E-state index in [-0.39, 0.29) is 24.8 Å². The van der Waals surface area contributed by atoms with E-state index in [2.05, 4.69) is 19.1 Å². The number of hydrogen-bond acceptors (Lipinski definition) is 2. The van der Waals surface area contributed by atoms with Crippen LogP contribution in [-0.2, 0) is 12.8 Å². The Hall–Kier alpha value is -0.480. The topological polar surface area (TPSA) is 26.0 Å². The highest BCUT2D eigenvalue weighted by atomic mass is 32.1. The predicted molar refractivity (Wildman–Crippen MR) is 72.3 cm³/mol. The molecule has 1 nitrogen and oxygen atoms in total. The highest BCUT2D eigenvalue weighted by molar-refractivity contribution is 7.11. The molecule has 1 aromatic heterocycles. The van der Waals surface area contributed by atoms with E-state index in [1.807, 2.05) is 0 Å². The Morgan fingerprint density at radius 2 is 2.17 bits per heavy atom. The van der Waals surface area contributed by atoms with E-state index in [4.69, 9.17) is 5.73 Å². The highest BCUT2D eigenvalue weighted by Crippen LogP contribution is 2.38. The van der Waals surface area contributed by atoms with Crippen molar-refractivity contribution in [2.24, 2.45) is 11.7 Å². The number of halogens is 2. The molecule has 2 unspecified atom stereocenters. The van der Waals surface area contributed by atoms with Crippen LogP contribution in [0.5, 0.6) is 0 Å². The molecule has 1 aliphatic carbocycles. The van der Waals surface area contributed by atoms with Gasteiger partial charge in [0.2, 0.25) is 5.92 Å². The van der Waals surface area contributed by atoms with Gasteiger partial charge in [-0.15, -0.1) is 11.3 Å². The summed E-state index contributed by atoms with van der Waals surface area (Å²) in [4.78, 5) is 2.57. The van der Waals surface area contributed by atoms with Crippen LogP contribution >= 0.6 is 11.3 Å². The molecule has 2 rings (SSSR count). The number of rotatable bonds is 4. The summed E-state index contributed by atoms with van der Waals surface area (Å²) in [5.74, 6) is -2.52. The number of thiophene rings is 1. The van der Waals surface area contributed by atoms with Gasteiger partial charge in [-0.2, -0.15) is 0 Å². The molecule has 1 aromatic rings. The lowest BCUT2D eigenvalue weighted by Gasteiger charge is -2.32. The largest absolute Gasteiger partial charge is 0.327 e. The van der Waals surface area contributed by atoms with E-state index >= 15 is 0 Å². The van der Waals surface area contributed by atoms with Crippen molar-refractivity contribution in [3.8, 4) is 0 Å². The second kappa shape index (κ2) is 5.66. The Labute approximate surface area is 111 Å². The Bertz CT molecular complexity index is 389. The van der Waals surface area contributed by atoms with Gasteiger partial charge in [0.1, 0.15) is 0 Å². The van der Waals surface area contributed by atoms with E-state index in [1.165, 1.54) is 9.75 Å². The summed E-state index contributed by atoms with van der Waals surface area (Å²) in [5.41, 5.74) is 6.13. The van der Waals surface area contributed by atoms with Gasteiger partial charge in [0.15, 0.2) is 0 Å². The van der Waals surface area contributed by atoms with Crippen molar-refractivity contribution in [2.45, 2.75) is 57.4 Å². The van der Waals surface area contributed by atoms with Crippen molar-refractivity contribution in [2.75, 3.05) is 0 Å². The van der Waals surface area contributed by atoms with Gasteiger partial charge in [-0.3, -0.25) is 0 Å². The first-order valence-corrected chi connectivity index (χ1v) is 7.53. The zero-order valence-corrected chi connectivity index (χ0v) is 11.6. The van der Waals surface area contributed by atoms with Crippen molar-refractivity contribution in [1.82, 2.24) is 0 Å². The first kappa shape index (κ1) is 13.9. The van der Waals surface area contributed by atoms with Gasteiger partial charge in [-0.1, -0.05) is 6.92 Å². The first-order chi connectivity index (χ1) is 8.50. The molecule has 1 saturated carbocycles. The Morgan fingerprint density at radius 1 is 1.44 bits per heavy atom. The Balaban J connectivity index is 1.92. The van der Waals surface area contributed by atoms with Crippen LogP contribution in [0.4, 0.5) is 8.78 Å². The van der Waals surface area contributed by atoms with Gasteiger partial charge < -0.3 is 5.73 Å². The molecule has 2 atom stereocenters. The molecular formula is C14H21F2NS. The second-order valence-corrected chi connectivity index (χ2v) is 6.55.